The van der Waals surface area contributed by atoms with Gasteiger partial charge in [0.25, 0.3) is 0 Å². The van der Waals surface area contributed by atoms with Gasteiger partial charge in [0, 0.05) is 0 Å². The van der Waals surface area contributed by atoms with Crippen molar-refractivity contribution in [3.05, 3.63) is 22.3 Å². The first-order valence-corrected chi connectivity index (χ1v) is 13.9. The Morgan fingerprint density at radius 2 is 1.58 bits per heavy atom. The van der Waals surface area contributed by atoms with Crippen molar-refractivity contribution >= 4 is 0 Å². The summed E-state index contributed by atoms with van der Waals surface area (Å²) in [6.07, 6.45) is 9.56. The zero-order valence-electron chi connectivity index (χ0n) is 13.9. The van der Waals surface area contributed by atoms with E-state index < -0.39 is 16.6 Å². The van der Waals surface area contributed by atoms with Gasteiger partial charge in [0.05, 0.1) is 0 Å². The summed E-state index contributed by atoms with van der Waals surface area (Å²) in [4.78, 5) is 0. The quantitative estimate of drug-likeness (QED) is 0.497. The standard InChI is InChI=1S/C15H23.3CH3.Ti/c1-4-11-12(5-2)14-9-7-8-10-15(14)13(11)6-3;;;;/h4-10H2,1-3H3;3*1H3;. The molecule has 0 nitrogen and oxygen atoms in total. The van der Waals surface area contributed by atoms with Crippen LogP contribution in [-0.2, 0) is 16.6 Å². The summed E-state index contributed by atoms with van der Waals surface area (Å²) in [5.74, 6) is 0. The molecule has 0 radical (unpaired) electrons. The molecule has 108 valence electrons. The summed E-state index contributed by atoms with van der Waals surface area (Å²) in [7, 11) is 0. The third kappa shape index (κ3) is 2.14. The van der Waals surface area contributed by atoms with E-state index in [-0.39, 0.29) is 0 Å². The Bertz CT molecular complexity index is 405. The van der Waals surface area contributed by atoms with Gasteiger partial charge in [-0.15, -0.1) is 0 Å². The molecule has 0 N–H and O–H groups in total. The van der Waals surface area contributed by atoms with Crippen molar-refractivity contribution in [3.8, 4) is 0 Å². The predicted molar refractivity (Wildman–Crippen MR) is 83.7 cm³/mol. The topological polar surface area (TPSA) is 0 Å². The summed E-state index contributed by atoms with van der Waals surface area (Å²) >= 11 is -1.80. The molecule has 0 fully saturated rings. The van der Waals surface area contributed by atoms with Gasteiger partial charge in [-0.05, 0) is 0 Å². The van der Waals surface area contributed by atoms with Gasteiger partial charge >= 0.3 is 124 Å². The Morgan fingerprint density at radius 1 is 0.947 bits per heavy atom. The Kier molecular flexibility index (Phi) is 4.53. The molecule has 0 amide bonds. The SMILES string of the molecule is CCC1=C(CC)[C](CC)([Ti]([CH3])([CH3])[CH3])C2=C1CCCC2. The van der Waals surface area contributed by atoms with Crippen LogP contribution in [0.15, 0.2) is 22.3 Å². The molecule has 0 aromatic heterocycles. The van der Waals surface area contributed by atoms with E-state index >= 15 is 0 Å². The fraction of sp³-hybridized carbons (Fsp3) is 0.778. The van der Waals surface area contributed by atoms with Gasteiger partial charge in [0.1, 0.15) is 0 Å². The second-order valence-corrected chi connectivity index (χ2v) is 15.7. The molecule has 2 rings (SSSR count). The number of rotatable bonds is 4. The molecular weight excluding hydrogens is 264 g/mol. The van der Waals surface area contributed by atoms with Crippen LogP contribution in [0.3, 0.4) is 0 Å². The van der Waals surface area contributed by atoms with Crippen LogP contribution in [0, 0.1) is 0 Å². The molecule has 2 aliphatic rings. The van der Waals surface area contributed by atoms with Crippen LogP contribution < -0.4 is 0 Å². The van der Waals surface area contributed by atoms with Gasteiger partial charge in [-0.1, -0.05) is 0 Å². The van der Waals surface area contributed by atoms with Crippen molar-refractivity contribution in [2.24, 2.45) is 0 Å². The Morgan fingerprint density at radius 3 is 2.05 bits per heavy atom. The summed E-state index contributed by atoms with van der Waals surface area (Å²) < 4.78 is 0.551. The number of hydrogen-bond acceptors (Lipinski definition) is 0. The summed E-state index contributed by atoms with van der Waals surface area (Å²) in [5.41, 5.74) is 7.41. The first-order chi connectivity index (χ1) is 8.94. The zero-order chi connectivity index (χ0) is 14.3. The maximum atomic E-state index is 2.65. The van der Waals surface area contributed by atoms with Crippen LogP contribution in [0.4, 0.5) is 0 Å². The molecule has 0 aromatic carbocycles. The molecule has 19 heavy (non-hydrogen) atoms. The van der Waals surface area contributed by atoms with Crippen LogP contribution in [0.25, 0.3) is 0 Å². The Balaban J connectivity index is 2.69. The van der Waals surface area contributed by atoms with E-state index in [2.05, 4.69) is 36.5 Å². The molecule has 0 spiro atoms. The van der Waals surface area contributed by atoms with E-state index in [9.17, 15) is 0 Å². The van der Waals surface area contributed by atoms with E-state index in [0.717, 1.165) is 0 Å². The van der Waals surface area contributed by atoms with E-state index in [1.165, 1.54) is 44.9 Å². The van der Waals surface area contributed by atoms with E-state index in [0.29, 0.717) is 3.72 Å². The first kappa shape index (κ1) is 15.6. The fourth-order valence-electron chi connectivity index (χ4n) is 5.14. The molecular formula is C18H32Ti. The van der Waals surface area contributed by atoms with E-state index in [1.54, 1.807) is 5.57 Å². The molecule has 1 heteroatoms. The fourth-order valence-corrected chi connectivity index (χ4v) is 10.6. The molecule has 0 saturated heterocycles. The molecule has 0 bridgehead atoms. The minimum atomic E-state index is -1.80. The van der Waals surface area contributed by atoms with Gasteiger partial charge < -0.3 is 0 Å². The van der Waals surface area contributed by atoms with Crippen LogP contribution in [0.2, 0.25) is 19.4 Å². The van der Waals surface area contributed by atoms with Crippen molar-refractivity contribution in [3.63, 3.8) is 0 Å². The van der Waals surface area contributed by atoms with Gasteiger partial charge in [-0.25, -0.2) is 0 Å². The van der Waals surface area contributed by atoms with Crippen LogP contribution in [0.1, 0.15) is 65.7 Å². The Labute approximate surface area is 124 Å². The second-order valence-electron chi connectivity index (χ2n) is 7.34. The third-order valence-electron chi connectivity index (χ3n) is 5.74. The molecule has 2 aliphatic carbocycles. The van der Waals surface area contributed by atoms with Crippen molar-refractivity contribution in [2.75, 3.05) is 0 Å². The van der Waals surface area contributed by atoms with Crippen molar-refractivity contribution in [2.45, 2.75) is 85.1 Å². The summed E-state index contributed by atoms with van der Waals surface area (Å²) in [6.45, 7) is 7.25. The number of allylic oxidation sites excluding steroid dienone is 4. The predicted octanol–water partition coefficient (Wildman–Crippen LogP) is 6.85. The van der Waals surface area contributed by atoms with Gasteiger partial charge in [0.2, 0.25) is 0 Å². The maximum absolute atomic E-state index is 2.65. The van der Waals surface area contributed by atoms with Crippen molar-refractivity contribution < 1.29 is 16.6 Å². The third-order valence-corrected chi connectivity index (χ3v) is 11.2. The molecule has 0 heterocycles. The monoisotopic (exact) mass is 296 g/mol. The van der Waals surface area contributed by atoms with E-state index in [4.69, 9.17) is 0 Å². The van der Waals surface area contributed by atoms with Gasteiger partial charge in [-0.2, -0.15) is 0 Å². The van der Waals surface area contributed by atoms with Gasteiger partial charge in [0.15, 0.2) is 0 Å². The van der Waals surface area contributed by atoms with Crippen LogP contribution >= 0.6 is 0 Å². The van der Waals surface area contributed by atoms with Crippen LogP contribution in [0.5, 0.6) is 0 Å². The first-order valence-electron chi connectivity index (χ1n) is 8.39. The van der Waals surface area contributed by atoms with Crippen molar-refractivity contribution in [1.82, 2.24) is 0 Å². The van der Waals surface area contributed by atoms with Crippen LogP contribution in [-0.4, -0.2) is 0 Å². The molecule has 1 atom stereocenters. The summed E-state index contributed by atoms with van der Waals surface area (Å²) in [5, 5.41) is 7.95. The molecule has 1 unspecified atom stereocenters. The zero-order valence-corrected chi connectivity index (χ0v) is 15.5. The van der Waals surface area contributed by atoms with Crippen molar-refractivity contribution in [1.29, 1.82) is 0 Å². The average molecular weight is 296 g/mol. The molecule has 0 aliphatic heterocycles. The number of hydrogen-bond donors (Lipinski definition) is 0. The van der Waals surface area contributed by atoms with E-state index in [1.807, 2.05) is 16.7 Å². The normalized spacial score (nSPS) is 28.1. The average Bonchev–Trinajstić information content (AvgIpc) is 2.67. The van der Waals surface area contributed by atoms with Gasteiger partial charge in [-0.3, -0.25) is 0 Å². The minimum absolute atomic E-state index is 0.551. The molecule has 0 aromatic rings. The summed E-state index contributed by atoms with van der Waals surface area (Å²) in [6, 6.07) is 0. The second kappa shape index (κ2) is 5.53. The molecule has 0 saturated carbocycles. The Hall–Kier alpha value is 0.194.